The highest BCUT2D eigenvalue weighted by atomic mass is 16.7. The fourth-order valence-corrected chi connectivity index (χ4v) is 4.46. The van der Waals surface area contributed by atoms with E-state index in [2.05, 4.69) is 76.2 Å². The third kappa shape index (κ3) is 2.70. The molecule has 0 aliphatic carbocycles. The predicted octanol–water partition coefficient (Wildman–Crippen LogP) is 5.39. The van der Waals surface area contributed by atoms with E-state index in [4.69, 9.17) is 19.3 Å². The first-order valence-corrected chi connectivity index (χ1v) is 10.7. The second-order valence-corrected chi connectivity index (χ2v) is 9.37. The summed E-state index contributed by atoms with van der Waals surface area (Å²) in [6, 6.07) is 21.1. The number of aromatic nitrogens is 2. The molecule has 6 rings (SSSR count). The van der Waals surface area contributed by atoms with Gasteiger partial charge in [0.15, 0.2) is 0 Å². The fraction of sp³-hybridized carbons (Fsp3) is 0.231. The number of rotatable bonds is 1. The van der Waals surface area contributed by atoms with E-state index in [1.165, 1.54) is 10.8 Å². The normalized spacial score (nSPS) is 17.9. The lowest BCUT2D eigenvalue weighted by molar-refractivity contribution is 0.00578. The second kappa shape index (κ2) is 6.25. The maximum atomic E-state index is 6.27. The molecule has 0 amide bonds. The number of fused-ring (bicyclic) bond motifs is 7. The lowest BCUT2D eigenvalue weighted by atomic mass is 9.83. The van der Waals surface area contributed by atoms with Crippen molar-refractivity contribution in [2.45, 2.75) is 38.9 Å². The van der Waals surface area contributed by atoms with Crippen molar-refractivity contribution in [3.63, 3.8) is 0 Å². The average Bonchev–Trinajstić information content (AvgIpc) is 2.99. The standard InChI is InChI=1S/C26H23BN2O2/c1-25(2)26(3,4)31-27(30-25)22-12-11-19-18-10-7-13-28-23(18)20-14-16-8-5-6-9-17(16)15-21(20)24(19)29-22/h5-15H,1-4H3. The van der Waals surface area contributed by atoms with Crippen LogP contribution in [0.25, 0.3) is 43.4 Å². The third-order valence-corrected chi connectivity index (χ3v) is 6.91. The van der Waals surface area contributed by atoms with E-state index in [-0.39, 0.29) is 0 Å². The van der Waals surface area contributed by atoms with Crippen molar-refractivity contribution in [2.75, 3.05) is 0 Å². The predicted molar refractivity (Wildman–Crippen MR) is 128 cm³/mol. The van der Waals surface area contributed by atoms with Crippen molar-refractivity contribution in [2.24, 2.45) is 0 Å². The SMILES string of the molecule is CC1(C)OB(c2ccc3c4cccnc4c4cc5ccccc5cc4c3n2)OC1(C)C. The Bertz CT molecular complexity index is 1490. The smallest absolute Gasteiger partial charge is 0.398 e. The molecule has 0 saturated carbocycles. The van der Waals surface area contributed by atoms with Crippen molar-refractivity contribution < 1.29 is 9.31 Å². The highest BCUT2D eigenvalue weighted by Gasteiger charge is 2.52. The number of hydrogen-bond acceptors (Lipinski definition) is 4. The Labute approximate surface area is 181 Å². The van der Waals surface area contributed by atoms with Gasteiger partial charge in [0.1, 0.15) is 0 Å². The molecule has 5 heteroatoms. The van der Waals surface area contributed by atoms with Gasteiger partial charge in [0.2, 0.25) is 0 Å². The Morgan fingerprint density at radius 2 is 1.29 bits per heavy atom. The topological polar surface area (TPSA) is 44.2 Å². The molecular formula is C26H23BN2O2. The number of pyridine rings is 2. The van der Waals surface area contributed by atoms with E-state index < -0.39 is 18.3 Å². The summed E-state index contributed by atoms with van der Waals surface area (Å²) >= 11 is 0. The first kappa shape index (κ1) is 18.7. The molecule has 1 aliphatic heterocycles. The summed E-state index contributed by atoms with van der Waals surface area (Å²) in [5, 5.41) is 6.79. The van der Waals surface area contributed by atoms with Gasteiger partial charge in [0.05, 0.1) is 27.8 Å². The molecule has 0 bridgehead atoms. The molecule has 3 heterocycles. The van der Waals surface area contributed by atoms with Crippen LogP contribution in [0.4, 0.5) is 0 Å². The fourth-order valence-electron chi connectivity index (χ4n) is 4.46. The van der Waals surface area contributed by atoms with Gasteiger partial charge in [-0.25, -0.2) is 0 Å². The lowest BCUT2D eigenvalue weighted by Crippen LogP contribution is -2.41. The van der Waals surface area contributed by atoms with Crippen LogP contribution in [0.3, 0.4) is 0 Å². The number of nitrogens with zero attached hydrogens (tertiary/aromatic N) is 2. The summed E-state index contributed by atoms with van der Waals surface area (Å²) in [6.07, 6.45) is 1.86. The summed E-state index contributed by atoms with van der Waals surface area (Å²) < 4.78 is 12.5. The quantitative estimate of drug-likeness (QED) is 0.213. The first-order chi connectivity index (χ1) is 14.8. The summed E-state index contributed by atoms with van der Waals surface area (Å²) in [5.41, 5.74) is 1.94. The maximum Gasteiger partial charge on any atom is 0.514 e. The molecule has 0 N–H and O–H groups in total. The Morgan fingerprint density at radius 3 is 1.97 bits per heavy atom. The molecular weight excluding hydrogens is 383 g/mol. The zero-order chi connectivity index (χ0) is 21.4. The molecule has 1 saturated heterocycles. The number of hydrogen-bond donors (Lipinski definition) is 0. The first-order valence-electron chi connectivity index (χ1n) is 10.7. The molecule has 31 heavy (non-hydrogen) atoms. The van der Waals surface area contributed by atoms with Crippen LogP contribution in [0.1, 0.15) is 27.7 Å². The largest absolute Gasteiger partial charge is 0.514 e. The van der Waals surface area contributed by atoms with Crippen LogP contribution >= 0.6 is 0 Å². The van der Waals surface area contributed by atoms with Crippen molar-refractivity contribution in [3.8, 4) is 0 Å². The molecule has 0 spiro atoms. The van der Waals surface area contributed by atoms with Crippen LogP contribution < -0.4 is 5.59 Å². The minimum atomic E-state index is -0.491. The summed E-state index contributed by atoms with van der Waals surface area (Å²) in [4.78, 5) is 9.82. The van der Waals surface area contributed by atoms with Gasteiger partial charge in [-0.2, -0.15) is 0 Å². The summed E-state index contributed by atoms with van der Waals surface area (Å²) in [7, 11) is -0.491. The van der Waals surface area contributed by atoms with Crippen LogP contribution in [-0.4, -0.2) is 28.3 Å². The molecule has 1 aliphatic rings. The second-order valence-electron chi connectivity index (χ2n) is 9.37. The Morgan fingerprint density at radius 1 is 0.677 bits per heavy atom. The Hall–Kier alpha value is -3.02. The minimum absolute atomic E-state index is 0.403. The molecule has 5 aromatic rings. The van der Waals surface area contributed by atoms with Crippen LogP contribution in [0.15, 0.2) is 66.9 Å². The van der Waals surface area contributed by atoms with E-state index in [0.717, 1.165) is 38.2 Å². The molecule has 2 aromatic heterocycles. The molecule has 0 unspecified atom stereocenters. The Balaban J connectivity index is 1.68. The van der Waals surface area contributed by atoms with Gasteiger partial charge in [-0.3, -0.25) is 9.97 Å². The molecule has 1 fully saturated rings. The zero-order valence-electron chi connectivity index (χ0n) is 18.1. The van der Waals surface area contributed by atoms with Crippen molar-refractivity contribution in [3.05, 3.63) is 66.9 Å². The van der Waals surface area contributed by atoms with Crippen LogP contribution in [0.5, 0.6) is 0 Å². The molecule has 4 nitrogen and oxygen atoms in total. The molecule has 3 aromatic carbocycles. The highest BCUT2D eigenvalue weighted by molar-refractivity contribution is 6.61. The van der Waals surface area contributed by atoms with Crippen molar-refractivity contribution in [1.29, 1.82) is 0 Å². The van der Waals surface area contributed by atoms with Gasteiger partial charge in [0.25, 0.3) is 0 Å². The van der Waals surface area contributed by atoms with Crippen molar-refractivity contribution in [1.82, 2.24) is 9.97 Å². The summed E-state index contributed by atoms with van der Waals surface area (Å²) in [6.45, 7) is 8.26. The van der Waals surface area contributed by atoms with Gasteiger partial charge in [-0.15, -0.1) is 0 Å². The van der Waals surface area contributed by atoms with E-state index in [9.17, 15) is 0 Å². The Kier molecular flexibility index (Phi) is 3.78. The average molecular weight is 406 g/mol. The van der Waals surface area contributed by atoms with Gasteiger partial charge in [0, 0.05) is 27.7 Å². The monoisotopic (exact) mass is 406 g/mol. The van der Waals surface area contributed by atoms with Gasteiger partial charge < -0.3 is 9.31 Å². The maximum absolute atomic E-state index is 6.27. The van der Waals surface area contributed by atoms with E-state index in [1.54, 1.807) is 0 Å². The van der Waals surface area contributed by atoms with Gasteiger partial charge in [-0.1, -0.05) is 36.4 Å². The third-order valence-electron chi connectivity index (χ3n) is 6.91. The highest BCUT2D eigenvalue weighted by Crippen LogP contribution is 2.38. The molecule has 0 radical (unpaired) electrons. The molecule has 152 valence electrons. The van der Waals surface area contributed by atoms with Crippen LogP contribution in [0.2, 0.25) is 0 Å². The van der Waals surface area contributed by atoms with Crippen LogP contribution in [0, 0.1) is 0 Å². The van der Waals surface area contributed by atoms with Gasteiger partial charge >= 0.3 is 7.12 Å². The van der Waals surface area contributed by atoms with Crippen molar-refractivity contribution >= 4 is 56.1 Å². The lowest BCUT2D eigenvalue weighted by Gasteiger charge is -2.32. The van der Waals surface area contributed by atoms with Crippen LogP contribution in [-0.2, 0) is 9.31 Å². The number of benzene rings is 3. The summed E-state index contributed by atoms with van der Waals surface area (Å²) in [5.74, 6) is 0. The van der Waals surface area contributed by atoms with E-state index in [1.807, 2.05) is 18.3 Å². The minimum Gasteiger partial charge on any atom is -0.398 e. The van der Waals surface area contributed by atoms with E-state index in [0.29, 0.717) is 0 Å². The molecule has 0 atom stereocenters. The zero-order valence-corrected chi connectivity index (χ0v) is 18.1. The van der Waals surface area contributed by atoms with Gasteiger partial charge in [-0.05, 0) is 62.7 Å². The van der Waals surface area contributed by atoms with E-state index >= 15 is 0 Å².